The fraction of sp³-hybridized carbons (Fsp3) is 0.0667. The summed E-state index contributed by atoms with van der Waals surface area (Å²) in [6, 6.07) is 14.8. The second kappa shape index (κ2) is 4.94. The number of aryl methyl sites for hydroxylation is 1. The Morgan fingerprint density at radius 2 is 1.95 bits per heavy atom. The van der Waals surface area contributed by atoms with E-state index in [1.807, 2.05) is 48.0 Å². The van der Waals surface area contributed by atoms with E-state index in [4.69, 9.17) is 12.2 Å². The maximum atomic E-state index is 12.1. The molecule has 1 aromatic heterocycles. The molecule has 0 saturated heterocycles. The van der Waals surface area contributed by atoms with Crippen LogP contribution in [0.5, 0.6) is 0 Å². The van der Waals surface area contributed by atoms with Crippen molar-refractivity contribution in [3.63, 3.8) is 0 Å². The standard InChI is InChI=1S/C15H13N3OS/c1-18-13-9-11(7-8-12(13)17-15(18)20)16-14(19)10-5-3-2-4-6-10/h2-9H,1H3,(H,16,19)(H,17,20). The normalized spacial score (nSPS) is 10.7. The molecule has 3 rings (SSSR count). The van der Waals surface area contributed by atoms with Crippen LogP contribution in [0.4, 0.5) is 5.69 Å². The fourth-order valence-electron chi connectivity index (χ4n) is 2.09. The van der Waals surface area contributed by atoms with Crippen LogP contribution < -0.4 is 5.32 Å². The van der Waals surface area contributed by atoms with Gasteiger partial charge < -0.3 is 14.9 Å². The summed E-state index contributed by atoms with van der Waals surface area (Å²) in [5.41, 5.74) is 3.29. The highest BCUT2D eigenvalue weighted by atomic mass is 32.1. The summed E-state index contributed by atoms with van der Waals surface area (Å²) in [6.07, 6.45) is 0. The number of imidazole rings is 1. The Kier molecular flexibility index (Phi) is 3.12. The summed E-state index contributed by atoms with van der Waals surface area (Å²) in [4.78, 5) is 15.2. The molecule has 0 atom stereocenters. The molecule has 1 heterocycles. The van der Waals surface area contributed by atoms with Crippen molar-refractivity contribution in [2.75, 3.05) is 5.32 Å². The van der Waals surface area contributed by atoms with Crippen molar-refractivity contribution in [1.29, 1.82) is 0 Å². The molecule has 2 aromatic carbocycles. The van der Waals surface area contributed by atoms with Gasteiger partial charge in [-0.1, -0.05) is 18.2 Å². The van der Waals surface area contributed by atoms with Gasteiger partial charge in [0.1, 0.15) is 0 Å². The fourth-order valence-corrected chi connectivity index (χ4v) is 2.30. The lowest BCUT2D eigenvalue weighted by Gasteiger charge is -2.05. The number of carbonyl (C=O) groups is 1. The maximum absolute atomic E-state index is 12.1. The van der Waals surface area contributed by atoms with Crippen LogP contribution in [0, 0.1) is 4.77 Å². The minimum absolute atomic E-state index is 0.123. The molecule has 2 N–H and O–H groups in total. The maximum Gasteiger partial charge on any atom is 0.255 e. The summed E-state index contributed by atoms with van der Waals surface area (Å²) in [6.45, 7) is 0. The number of H-pyrrole nitrogens is 1. The zero-order chi connectivity index (χ0) is 14.1. The SMILES string of the molecule is Cn1c(=S)[nH]c2ccc(NC(=O)c3ccccc3)cc21. The number of nitrogens with one attached hydrogen (secondary N) is 2. The zero-order valence-corrected chi connectivity index (χ0v) is 11.7. The first kappa shape index (κ1) is 12.6. The smallest absolute Gasteiger partial charge is 0.255 e. The van der Waals surface area contributed by atoms with Gasteiger partial charge in [0.15, 0.2) is 4.77 Å². The van der Waals surface area contributed by atoms with Gasteiger partial charge in [-0.2, -0.15) is 0 Å². The Bertz CT molecular complexity index is 833. The second-order valence-electron chi connectivity index (χ2n) is 4.54. The molecule has 20 heavy (non-hydrogen) atoms. The molecule has 0 aliphatic rings. The van der Waals surface area contributed by atoms with Crippen LogP contribution in [-0.4, -0.2) is 15.5 Å². The van der Waals surface area contributed by atoms with Gasteiger partial charge >= 0.3 is 0 Å². The summed E-state index contributed by atoms with van der Waals surface area (Å²) in [5.74, 6) is -0.123. The van der Waals surface area contributed by atoms with Crippen molar-refractivity contribution < 1.29 is 4.79 Å². The largest absolute Gasteiger partial charge is 0.331 e. The molecule has 0 bridgehead atoms. The molecule has 5 heteroatoms. The van der Waals surface area contributed by atoms with Crippen molar-refractivity contribution in [2.45, 2.75) is 0 Å². The quantitative estimate of drug-likeness (QED) is 0.707. The third-order valence-electron chi connectivity index (χ3n) is 3.20. The minimum Gasteiger partial charge on any atom is -0.331 e. The molecule has 0 fully saturated rings. The van der Waals surface area contributed by atoms with Crippen molar-refractivity contribution in [3.05, 3.63) is 58.9 Å². The highest BCUT2D eigenvalue weighted by Crippen LogP contribution is 2.19. The molecular weight excluding hydrogens is 270 g/mol. The molecule has 0 aliphatic heterocycles. The predicted molar refractivity (Wildman–Crippen MR) is 82.5 cm³/mol. The van der Waals surface area contributed by atoms with Gasteiger partial charge in [-0.05, 0) is 42.5 Å². The van der Waals surface area contributed by atoms with E-state index in [1.165, 1.54) is 0 Å². The number of hydrogen-bond donors (Lipinski definition) is 2. The number of amides is 1. The third kappa shape index (κ3) is 2.23. The van der Waals surface area contributed by atoms with E-state index in [9.17, 15) is 4.79 Å². The molecule has 100 valence electrons. The van der Waals surface area contributed by atoms with Crippen molar-refractivity contribution in [3.8, 4) is 0 Å². The lowest BCUT2D eigenvalue weighted by molar-refractivity contribution is 0.102. The predicted octanol–water partition coefficient (Wildman–Crippen LogP) is 3.49. The number of fused-ring (bicyclic) bond motifs is 1. The molecule has 3 aromatic rings. The summed E-state index contributed by atoms with van der Waals surface area (Å²) in [5, 5.41) is 2.89. The van der Waals surface area contributed by atoms with Crippen LogP contribution >= 0.6 is 12.2 Å². The van der Waals surface area contributed by atoms with E-state index in [1.54, 1.807) is 12.1 Å². The van der Waals surface area contributed by atoms with E-state index in [2.05, 4.69) is 10.3 Å². The first-order chi connectivity index (χ1) is 9.65. The molecule has 4 nitrogen and oxygen atoms in total. The molecule has 0 aliphatic carbocycles. The van der Waals surface area contributed by atoms with Gasteiger partial charge in [0, 0.05) is 18.3 Å². The van der Waals surface area contributed by atoms with Crippen LogP contribution in [0.25, 0.3) is 11.0 Å². The van der Waals surface area contributed by atoms with E-state index in [0.717, 1.165) is 16.7 Å². The molecule has 1 amide bonds. The van der Waals surface area contributed by atoms with Crippen molar-refractivity contribution >= 4 is 34.8 Å². The Balaban J connectivity index is 1.93. The van der Waals surface area contributed by atoms with Gasteiger partial charge in [-0.15, -0.1) is 0 Å². The number of benzene rings is 2. The molecule has 0 spiro atoms. The number of rotatable bonds is 2. The minimum atomic E-state index is -0.123. The second-order valence-corrected chi connectivity index (χ2v) is 4.93. The summed E-state index contributed by atoms with van der Waals surface area (Å²) >= 11 is 5.18. The Morgan fingerprint density at radius 1 is 1.20 bits per heavy atom. The van der Waals surface area contributed by atoms with E-state index in [0.29, 0.717) is 10.3 Å². The van der Waals surface area contributed by atoms with Crippen LogP contribution in [0.15, 0.2) is 48.5 Å². The average Bonchev–Trinajstić information content (AvgIpc) is 2.75. The van der Waals surface area contributed by atoms with E-state index < -0.39 is 0 Å². The van der Waals surface area contributed by atoms with Crippen molar-refractivity contribution in [1.82, 2.24) is 9.55 Å². The van der Waals surface area contributed by atoms with E-state index in [-0.39, 0.29) is 5.91 Å². The number of carbonyl (C=O) groups excluding carboxylic acids is 1. The van der Waals surface area contributed by atoms with Gasteiger partial charge in [0.2, 0.25) is 0 Å². The number of hydrogen-bond acceptors (Lipinski definition) is 2. The van der Waals surface area contributed by atoms with Crippen LogP contribution in [0.2, 0.25) is 0 Å². The first-order valence-corrected chi connectivity index (χ1v) is 6.61. The number of anilines is 1. The summed E-state index contributed by atoms with van der Waals surface area (Å²) in [7, 11) is 1.89. The molecule has 0 radical (unpaired) electrons. The van der Waals surface area contributed by atoms with Crippen LogP contribution in [0.1, 0.15) is 10.4 Å². The first-order valence-electron chi connectivity index (χ1n) is 6.20. The molecule has 0 saturated carbocycles. The Labute approximate surface area is 121 Å². The third-order valence-corrected chi connectivity index (χ3v) is 3.58. The topological polar surface area (TPSA) is 49.8 Å². The number of aromatic nitrogens is 2. The molecular formula is C15H13N3OS. The highest BCUT2D eigenvalue weighted by molar-refractivity contribution is 7.71. The summed E-state index contributed by atoms with van der Waals surface area (Å²) < 4.78 is 2.54. The van der Waals surface area contributed by atoms with Crippen LogP contribution in [0.3, 0.4) is 0 Å². The van der Waals surface area contributed by atoms with Gasteiger partial charge in [0.25, 0.3) is 5.91 Å². The average molecular weight is 283 g/mol. The highest BCUT2D eigenvalue weighted by Gasteiger charge is 2.07. The van der Waals surface area contributed by atoms with E-state index >= 15 is 0 Å². The Morgan fingerprint density at radius 3 is 2.70 bits per heavy atom. The lowest BCUT2D eigenvalue weighted by atomic mass is 10.2. The van der Waals surface area contributed by atoms with Gasteiger partial charge in [-0.25, -0.2) is 0 Å². The monoisotopic (exact) mass is 283 g/mol. The lowest BCUT2D eigenvalue weighted by Crippen LogP contribution is -2.11. The zero-order valence-electron chi connectivity index (χ0n) is 10.9. The Hall–Kier alpha value is -2.40. The molecule has 0 unspecified atom stereocenters. The number of nitrogens with zero attached hydrogens (tertiary/aromatic N) is 1. The van der Waals surface area contributed by atoms with Crippen LogP contribution in [-0.2, 0) is 7.05 Å². The van der Waals surface area contributed by atoms with Crippen molar-refractivity contribution in [2.24, 2.45) is 7.05 Å². The van der Waals surface area contributed by atoms with Gasteiger partial charge in [0.05, 0.1) is 11.0 Å². The van der Waals surface area contributed by atoms with Gasteiger partial charge in [-0.3, -0.25) is 4.79 Å². The number of aromatic amines is 1.